The van der Waals surface area contributed by atoms with Crippen molar-refractivity contribution >= 4 is 34.5 Å². The molecule has 0 spiro atoms. The molecular weight excluding hydrogens is 452 g/mol. The molecule has 0 radical (unpaired) electrons. The van der Waals surface area contributed by atoms with Crippen LogP contribution in [-0.4, -0.2) is 17.5 Å². The molecular formula is C27H25ClN2O2S. The van der Waals surface area contributed by atoms with Crippen molar-refractivity contribution in [3.8, 4) is 27.6 Å². The first kappa shape index (κ1) is 23.0. The summed E-state index contributed by atoms with van der Waals surface area (Å²) in [7, 11) is 0. The van der Waals surface area contributed by atoms with E-state index in [-0.39, 0.29) is 12.5 Å². The van der Waals surface area contributed by atoms with Gasteiger partial charge in [0.1, 0.15) is 10.8 Å². The van der Waals surface area contributed by atoms with Crippen LogP contribution in [0.2, 0.25) is 5.02 Å². The van der Waals surface area contributed by atoms with Gasteiger partial charge in [-0.3, -0.25) is 4.79 Å². The van der Waals surface area contributed by atoms with Gasteiger partial charge in [0, 0.05) is 27.2 Å². The molecule has 0 aliphatic heterocycles. The van der Waals surface area contributed by atoms with Gasteiger partial charge in [-0.2, -0.15) is 0 Å². The maximum absolute atomic E-state index is 12.4. The van der Waals surface area contributed by atoms with Crippen LogP contribution in [0.3, 0.4) is 0 Å². The third-order valence-corrected chi connectivity index (χ3v) is 6.35. The number of anilines is 1. The Bertz CT molecular complexity index is 1250. The van der Waals surface area contributed by atoms with Crippen molar-refractivity contribution in [2.75, 3.05) is 11.9 Å². The minimum Gasteiger partial charge on any atom is -0.483 e. The molecule has 168 valence electrons. The number of benzene rings is 3. The number of nitrogens with one attached hydrogen (secondary N) is 1. The first-order valence-corrected chi connectivity index (χ1v) is 12.0. The Morgan fingerprint density at radius 3 is 2.42 bits per heavy atom. The smallest absolute Gasteiger partial charge is 0.262 e. The van der Waals surface area contributed by atoms with Gasteiger partial charge in [0.15, 0.2) is 6.61 Å². The lowest BCUT2D eigenvalue weighted by Crippen LogP contribution is -2.20. The predicted octanol–water partition coefficient (Wildman–Crippen LogP) is 7.58. The Kier molecular flexibility index (Phi) is 7.11. The molecule has 0 fully saturated rings. The second kappa shape index (κ2) is 10.2. The zero-order valence-electron chi connectivity index (χ0n) is 18.8. The molecule has 4 aromatic rings. The van der Waals surface area contributed by atoms with Gasteiger partial charge >= 0.3 is 0 Å². The Labute approximate surface area is 203 Å². The van der Waals surface area contributed by atoms with Crippen molar-refractivity contribution in [3.05, 3.63) is 88.3 Å². The van der Waals surface area contributed by atoms with E-state index < -0.39 is 0 Å². The summed E-state index contributed by atoms with van der Waals surface area (Å²) in [4.78, 5) is 17.2. The monoisotopic (exact) mass is 476 g/mol. The van der Waals surface area contributed by atoms with E-state index in [1.165, 1.54) is 0 Å². The van der Waals surface area contributed by atoms with Crippen molar-refractivity contribution < 1.29 is 9.53 Å². The number of thiazole rings is 1. The maximum Gasteiger partial charge on any atom is 0.262 e. The van der Waals surface area contributed by atoms with E-state index in [4.69, 9.17) is 21.3 Å². The number of nitrogens with zero attached hydrogens (tertiary/aromatic N) is 1. The Balaban J connectivity index is 1.38. The summed E-state index contributed by atoms with van der Waals surface area (Å²) < 4.78 is 5.83. The minimum absolute atomic E-state index is 0.0402. The van der Waals surface area contributed by atoms with Crippen LogP contribution in [0.5, 0.6) is 5.75 Å². The Hall–Kier alpha value is -3.15. The van der Waals surface area contributed by atoms with Crippen LogP contribution in [0.4, 0.5) is 5.69 Å². The summed E-state index contributed by atoms with van der Waals surface area (Å²) in [6.45, 7) is 6.20. The first-order valence-electron chi connectivity index (χ1n) is 10.7. The fourth-order valence-electron chi connectivity index (χ4n) is 3.44. The number of aromatic nitrogens is 1. The number of hydrogen-bond acceptors (Lipinski definition) is 4. The van der Waals surface area contributed by atoms with Crippen LogP contribution < -0.4 is 10.1 Å². The predicted molar refractivity (Wildman–Crippen MR) is 137 cm³/mol. The van der Waals surface area contributed by atoms with E-state index >= 15 is 0 Å². The fraction of sp³-hybridized carbons (Fsp3) is 0.185. The number of halogens is 1. The van der Waals surface area contributed by atoms with E-state index in [1.54, 1.807) is 11.3 Å². The van der Waals surface area contributed by atoms with E-state index in [1.807, 2.05) is 66.9 Å². The summed E-state index contributed by atoms with van der Waals surface area (Å²) in [5, 5.41) is 6.57. The number of amides is 1. The van der Waals surface area contributed by atoms with Crippen LogP contribution in [0.25, 0.3) is 21.8 Å². The van der Waals surface area contributed by atoms with E-state index in [9.17, 15) is 4.79 Å². The van der Waals surface area contributed by atoms with Crippen molar-refractivity contribution in [2.24, 2.45) is 0 Å². The largest absolute Gasteiger partial charge is 0.483 e. The number of rotatable bonds is 7. The lowest BCUT2D eigenvalue weighted by molar-refractivity contribution is -0.118. The molecule has 0 aliphatic carbocycles. The first-order chi connectivity index (χ1) is 15.9. The van der Waals surface area contributed by atoms with Gasteiger partial charge in [0.05, 0.1) is 5.69 Å². The van der Waals surface area contributed by atoms with Gasteiger partial charge in [-0.1, -0.05) is 61.8 Å². The standard InChI is InChI=1S/C27H25ClN2O2S/c1-17(2)23-13-4-18(3)14-25(23)32-15-26(31)29-22-11-7-19(8-12-22)24-16-33-27(30-24)20-5-9-21(28)10-6-20/h4-14,16-17H,15H2,1-3H3,(H,29,31). The third kappa shape index (κ3) is 5.81. The van der Waals surface area contributed by atoms with Crippen LogP contribution in [0, 0.1) is 6.92 Å². The van der Waals surface area contributed by atoms with Gasteiger partial charge in [-0.25, -0.2) is 4.98 Å². The van der Waals surface area contributed by atoms with Crippen molar-refractivity contribution in [1.82, 2.24) is 4.98 Å². The van der Waals surface area contributed by atoms with Crippen LogP contribution in [-0.2, 0) is 4.79 Å². The quantitative estimate of drug-likeness (QED) is 0.299. The lowest BCUT2D eigenvalue weighted by atomic mass is 10.0. The number of carbonyl (C=O) groups excluding carboxylic acids is 1. The highest BCUT2D eigenvalue weighted by molar-refractivity contribution is 7.13. The molecule has 33 heavy (non-hydrogen) atoms. The lowest BCUT2D eigenvalue weighted by Gasteiger charge is -2.15. The second-order valence-electron chi connectivity index (χ2n) is 8.15. The molecule has 4 rings (SSSR count). The highest BCUT2D eigenvalue weighted by Gasteiger charge is 2.11. The molecule has 3 aromatic carbocycles. The number of carbonyl (C=O) groups is 1. The third-order valence-electron chi connectivity index (χ3n) is 5.21. The molecule has 1 N–H and O–H groups in total. The SMILES string of the molecule is Cc1ccc(C(C)C)c(OCC(=O)Nc2ccc(-c3csc(-c4ccc(Cl)cc4)n3)cc2)c1. The summed E-state index contributed by atoms with van der Waals surface area (Å²) in [6.07, 6.45) is 0. The molecule has 6 heteroatoms. The van der Waals surface area contributed by atoms with Gasteiger partial charge < -0.3 is 10.1 Å². The summed E-state index contributed by atoms with van der Waals surface area (Å²) >= 11 is 7.56. The van der Waals surface area contributed by atoms with Gasteiger partial charge in [0.2, 0.25) is 0 Å². The van der Waals surface area contributed by atoms with Crippen molar-refractivity contribution in [1.29, 1.82) is 0 Å². The van der Waals surface area contributed by atoms with Crippen molar-refractivity contribution in [2.45, 2.75) is 26.7 Å². The maximum atomic E-state index is 12.4. The normalized spacial score (nSPS) is 10.9. The van der Waals surface area contributed by atoms with Crippen LogP contribution in [0.1, 0.15) is 30.9 Å². The molecule has 0 bridgehead atoms. The highest BCUT2D eigenvalue weighted by Crippen LogP contribution is 2.30. The molecule has 0 saturated heterocycles. The Morgan fingerprint density at radius 2 is 1.73 bits per heavy atom. The van der Waals surface area contributed by atoms with E-state index in [0.29, 0.717) is 16.6 Å². The van der Waals surface area contributed by atoms with E-state index in [2.05, 4.69) is 31.3 Å². The second-order valence-corrected chi connectivity index (χ2v) is 9.45. The van der Waals surface area contributed by atoms with Gasteiger partial charge in [0.25, 0.3) is 5.91 Å². The number of hydrogen-bond donors (Lipinski definition) is 1. The van der Waals surface area contributed by atoms with Crippen LogP contribution >= 0.6 is 22.9 Å². The average molecular weight is 477 g/mol. The summed E-state index contributed by atoms with van der Waals surface area (Å²) in [6, 6.07) is 21.4. The fourth-order valence-corrected chi connectivity index (χ4v) is 4.40. The van der Waals surface area contributed by atoms with Crippen molar-refractivity contribution in [3.63, 3.8) is 0 Å². The number of aryl methyl sites for hydroxylation is 1. The zero-order chi connectivity index (χ0) is 23.4. The molecule has 1 aromatic heterocycles. The summed E-state index contributed by atoms with van der Waals surface area (Å²) in [5.74, 6) is 0.885. The van der Waals surface area contributed by atoms with Gasteiger partial charge in [-0.05, 0) is 54.3 Å². The zero-order valence-corrected chi connectivity index (χ0v) is 20.3. The Morgan fingerprint density at radius 1 is 1.03 bits per heavy atom. The molecule has 1 heterocycles. The molecule has 0 aliphatic rings. The molecule has 1 amide bonds. The molecule has 0 atom stereocenters. The number of ether oxygens (including phenoxy) is 1. The summed E-state index contributed by atoms with van der Waals surface area (Å²) in [5.41, 5.74) is 5.84. The van der Waals surface area contributed by atoms with E-state index in [0.717, 1.165) is 38.7 Å². The molecule has 0 unspecified atom stereocenters. The van der Waals surface area contributed by atoms with Gasteiger partial charge in [-0.15, -0.1) is 11.3 Å². The minimum atomic E-state index is -0.197. The van der Waals surface area contributed by atoms with Crippen LogP contribution in [0.15, 0.2) is 72.1 Å². The molecule has 0 saturated carbocycles. The average Bonchev–Trinajstić information content (AvgIpc) is 3.29. The highest BCUT2D eigenvalue weighted by atomic mass is 35.5. The topological polar surface area (TPSA) is 51.2 Å². The molecule has 4 nitrogen and oxygen atoms in total.